The van der Waals surface area contributed by atoms with E-state index in [2.05, 4.69) is 13.8 Å². The Kier molecular flexibility index (Phi) is 63.7. The van der Waals surface area contributed by atoms with Crippen LogP contribution in [-0.2, 0) is 32.7 Å². The quantitative estimate of drug-likeness (QED) is 0.0256. The number of carbonyl (C=O) groups is 2. The molecule has 0 aliphatic rings. The molecule has 2 atom stereocenters. The molecule has 0 saturated heterocycles. The number of esters is 2. The summed E-state index contributed by atoms with van der Waals surface area (Å²) in [5, 5.41) is 0. The van der Waals surface area contributed by atoms with E-state index in [1.807, 2.05) is 21.1 Å². The smallest absolute Gasteiger partial charge is 0.306 e. The molecule has 0 rings (SSSR count). The fraction of sp³-hybridized carbons (Fsp3) is 0.972. The van der Waals surface area contributed by atoms with Gasteiger partial charge in [0.25, 0.3) is 7.82 Å². The van der Waals surface area contributed by atoms with Crippen LogP contribution in [0.15, 0.2) is 0 Å². The van der Waals surface area contributed by atoms with Crippen molar-refractivity contribution in [3.8, 4) is 0 Å². The maximum Gasteiger partial charge on any atom is 0.306 e. The van der Waals surface area contributed by atoms with E-state index in [0.717, 1.165) is 32.1 Å². The molecule has 0 bridgehead atoms. The second-order valence-electron chi connectivity index (χ2n) is 26.7. The van der Waals surface area contributed by atoms with Gasteiger partial charge < -0.3 is 27.9 Å². The van der Waals surface area contributed by atoms with Crippen molar-refractivity contribution >= 4 is 19.8 Å². The van der Waals surface area contributed by atoms with Crippen molar-refractivity contribution < 1.29 is 42.1 Å². The van der Waals surface area contributed by atoms with Crippen molar-refractivity contribution in [2.45, 2.75) is 405 Å². The fourth-order valence-electron chi connectivity index (χ4n) is 11.5. The van der Waals surface area contributed by atoms with Gasteiger partial charge in [0.2, 0.25) is 0 Å². The average molecular weight is 1180 g/mol. The van der Waals surface area contributed by atoms with Crippen molar-refractivity contribution in [2.75, 3.05) is 47.5 Å². The van der Waals surface area contributed by atoms with Crippen LogP contribution in [0.4, 0.5) is 0 Å². The number of hydrogen-bond acceptors (Lipinski definition) is 8. The first-order chi connectivity index (χ1) is 40.0. The standard InChI is InChI=1S/C72H144NO8P/c1-6-8-10-12-14-16-18-20-22-24-25-26-27-28-29-30-31-32-33-34-35-36-37-38-39-40-41-42-43-44-45-46-47-49-51-53-55-57-59-61-63-65-72(75)81-70(69-80-82(76,77)79-67-66-73(3,4)5)68-78-71(74)64-62-60-58-56-54-52-50-48-23-21-19-17-15-13-11-9-7-2/h70H,6-69H2,1-5H3. The number of unbranched alkanes of at least 4 members (excludes halogenated alkanes) is 56. The predicted molar refractivity (Wildman–Crippen MR) is 352 cm³/mol. The van der Waals surface area contributed by atoms with Gasteiger partial charge in [-0.2, -0.15) is 0 Å². The average Bonchev–Trinajstić information content (AvgIpc) is 3.45. The zero-order valence-corrected chi connectivity index (χ0v) is 56.9. The first-order valence-electron chi connectivity index (χ1n) is 36.7. The molecule has 0 saturated carbocycles. The van der Waals surface area contributed by atoms with Crippen molar-refractivity contribution in [1.82, 2.24) is 0 Å². The van der Waals surface area contributed by atoms with E-state index in [-0.39, 0.29) is 32.0 Å². The van der Waals surface area contributed by atoms with E-state index in [0.29, 0.717) is 17.4 Å². The van der Waals surface area contributed by atoms with Crippen LogP contribution < -0.4 is 4.89 Å². The maximum absolute atomic E-state index is 12.8. The van der Waals surface area contributed by atoms with E-state index in [1.54, 1.807) is 0 Å². The Morgan fingerprint density at radius 1 is 0.329 bits per heavy atom. The Labute approximate surface area is 512 Å². The van der Waals surface area contributed by atoms with Crippen LogP contribution in [0.2, 0.25) is 0 Å². The summed E-state index contributed by atoms with van der Waals surface area (Å²) >= 11 is 0. The summed E-state index contributed by atoms with van der Waals surface area (Å²) in [5.41, 5.74) is 0. The Morgan fingerprint density at radius 2 is 0.549 bits per heavy atom. The van der Waals surface area contributed by atoms with Crippen LogP contribution in [-0.4, -0.2) is 70.0 Å². The first-order valence-corrected chi connectivity index (χ1v) is 38.2. The molecule has 0 aromatic rings. The molecular formula is C72H144NO8P. The number of nitrogens with zero attached hydrogens (tertiary/aromatic N) is 1. The number of quaternary nitrogens is 1. The molecule has 10 heteroatoms. The van der Waals surface area contributed by atoms with Crippen molar-refractivity contribution in [2.24, 2.45) is 0 Å². The van der Waals surface area contributed by atoms with Gasteiger partial charge in [0.05, 0.1) is 27.7 Å². The van der Waals surface area contributed by atoms with Crippen molar-refractivity contribution in [3.63, 3.8) is 0 Å². The van der Waals surface area contributed by atoms with E-state index in [4.69, 9.17) is 18.5 Å². The molecule has 0 amide bonds. The molecule has 0 spiro atoms. The lowest BCUT2D eigenvalue weighted by Crippen LogP contribution is -2.37. The van der Waals surface area contributed by atoms with Gasteiger partial charge in [-0.1, -0.05) is 373 Å². The first kappa shape index (κ1) is 81.0. The topological polar surface area (TPSA) is 111 Å². The Bertz CT molecular complexity index is 1340. The predicted octanol–water partition coefficient (Wildman–Crippen LogP) is 23.1. The largest absolute Gasteiger partial charge is 0.756 e. The number of likely N-dealkylation sites (N-methyl/N-ethyl adjacent to an activating group) is 1. The molecule has 0 fully saturated rings. The number of phosphoric ester groups is 1. The molecule has 2 unspecified atom stereocenters. The van der Waals surface area contributed by atoms with Gasteiger partial charge in [-0.15, -0.1) is 0 Å². The number of carbonyl (C=O) groups excluding carboxylic acids is 2. The maximum atomic E-state index is 12.8. The third-order valence-corrected chi connectivity index (χ3v) is 18.1. The van der Waals surface area contributed by atoms with Crippen molar-refractivity contribution in [3.05, 3.63) is 0 Å². The molecule has 0 aliphatic carbocycles. The summed E-state index contributed by atoms with van der Waals surface area (Å²) < 4.78 is 34.3. The second kappa shape index (κ2) is 64.5. The summed E-state index contributed by atoms with van der Waals surface area (Å²) in [5.74, 6) is -0.806. The van der Waals surface area contributed by atoms with E-state index in [9.17, 15) is 19.0 Å². The van der Waals surface area contributed by atoms with Gasteiger partial charge in [-0.05, 0) is 12.8 Å². The molecular weight excluding hydrogens is 1040 g/mol. The van der Waals surface area contributed by atoms with Gasteiger partial charge in [0.15, 0.2) is 6.10 Å². The van der Waals surface area contributed by atoms with E-state index >= 15 is 0 Å². The molecule has 0 heterocycles. The number of ether oxygens (including phenoxy) is 2. The van der Waals surface area contributed by atoms with Crippen LogP contribution in [0.25, 0.3) is 0 Å². The van der Waals surface area contributed by atoms with Crippen LogP contribution in [0.5, 0.6) is 0 Å². The number of hydrogen-bond donors (Lipinski definition) is 0. The summed E-state index contributed by atoms with van der Waals surface area (Å²) in [6.45, 7) is 4.33. The van der Waals surface area contributed by atoms with Gasteiger partial charge >= 0.3 is 11.9 Å². The normalized spacial score (nSPS) is 13.0. The number of rotatable bonds is 70. The van der Waals surface area contributed by atoms with Crippen LogP contribution in [0.3, 0.4) is 0 Å². The Hall–Kier alpha value is -0.990. The van der Waals surface area contributed by atoms with E-state index < -0.39 is 26.5 Å². The number of phosphoric acid groups is 1. The second-order valence-corrected chi connectivity index (χ2v) is 28.1. The molecule has 0 radical (unpaired) electrons. The van der Waals surface area contributed by atoms with Gasteiger partial charge in [-0.25, -0.2) is 0 Å². The lowest BCUT2D eigenvalue weighted by atomic mass is 10.0. The molecule has 9 nitrogen and oxygen atoms in total. The third kappa shape index (κ3) is 68.1. The molecule has 490 valence electrons. The zero-order chi connectivity index (χ0) is 59.8. The van der Waals surface area contributed by atoms with E-state index in [1.165, 1.54) is 334 Å². The lowest BCUT2D eigenvalue weighted by Gasteiger charge is -2.28. The lowest BCUT2D eigenvalue weighted by molar-refractivity contribution is -0.870. The molecule has 82 heavy (non-hydrogen) atoms. The van der Waals surface area contributed by atoms with Crippen LogP contribution >= 0.6 is 7.82 Å². The van der Waals surface area contributed by atoms with Gasteiger partial charge in [-0.3, -0.25) is 14.2 Å². The highest BCUT2D eigenvalue weighted by molar-refractivity contribution is 7.45. The minimum atomic E-state index is -4.63. The van der Waals surface area contributed by atoms with Crippen molar-refractivity contribution in [1.29, 1.82) is 0 Å². The molecule has 0 aromatic heterocycles. The highest BCUT2D eigenvalue weighted by Crippen LogP contribution is 2.38. The zero-order valence-electron chi connectivity index (χ0n) is 56.0. The highest BCUT2D eigenvalue weighted by atomic mass is 31.2. The van der Waals surface area contributed by atoms with Gasteiger partial charge in [0, 0.05) is 12.8 Å². The molecule has 0 aromatic carbocycles. The van der Waals surface area contributed by atoms with Crippen LogP contribution in [0, 0.1) is 0 Å². The minimum absolute atomic E-state index is 0.0249. The fourth-order valence-corrected chi connectivity index (χ4v) is 12.2. The molecule has 0 aliphatic heterocycles. The molecule has 0 N–H and O–H groups in total. The highest BCUT2D eigenvalue weighted by Gasteiger charge is 2.22. The summed E-state index contributed by atoms with van der Waals surface area (Å²) in [6.07, 6.45) is 78.0. The third-order valence-electron chi connectivity index (χ3n) is 17.1. The minimum Gasteiger partial charge on any atom is -0.756 e. The monoisotopic (exact) mass is 1180 g/mol. The summed E-state index contributed by atoms with van der Waals surface area (Å²) in [6, 6.07) is 0. The van der Waals surface area contributed by atoms with Gasteiger partial charge in [0.1, 0.15) is 19.8 Å². The Balaban J connectivity index is 3.81. The SMILES string of the molecule is CCCCCCCCCCCCCCCCCCCCCCCCCCCCCCCCCCCCCCCCCCCC(=O)OC(COC(=O)CCCCCCCCCCCCCCCCCCC)COP(=O)([O-])OCC[N+](C)(C)C. The Morgan fingerprint density at radius 3 is 0.780 bits per heavy atom. The summed E-state index contributed by atoms with van der Waals surface area (Å²) in [7, 11) is 1.20. The summed E-state index contributed by atoms with van der Waals surface area (Å²) in [4.78, 5) is 38.0. The van der Waals surface area contributed by atoms with Crippen LogP contribution in [0.1, 0.15) is 399 Å².